The maximum atomic E-state index is 12.9. The van der Waals surface area contributed by atoms with Gasteiger partial charge in [-0.2, -0.15) is 15.2 Å². The summed E-state index contributed by atoms with van der Waals surface area (Å²) < 4.78 is 6.31. The second kappa shape index (κ2) is 13.7. The van der Waals surface area contributed by atoms with E-state index >= 15 is 0 Å². The topological polar surface area (TPSA) is 88.8 Å². The number of carbonyl (C=O) groups excluding carboxylic acids is 1. The molecule has 4 heterocycles. The number of halogens is 2. The molecule has 0 bridgehead atoms. The minimum Gasteiger partial charge on any atom is -0.462 e. The lowest BCUT2D eigenvalue weighted by atomic mass is 10.0. The van der Waals surface area contributed by atoms with Gasteiger partial charge in [0.15, 0.2) is 0 Å². The molecule has 230 valence electrons. The second-order valence-electron chi connectivity index (χ2n) is 11.7. The molecule has 6 rings (SSSR count). The van der Waals surface area contributed by atoms with Crippen LogP contribution < -0.4 is 14.5 Å². The fourth-order valence-electron chi connectivity index (χ4n) is 6.68. The van der Waals surface area contributed by atoms with E-state index in [1.54, 1.807) is 12.2 Å². The first-order valence-corrected chi connectivity index (χ1v) is 16.8. The predicted molar refractivity (Wildman–Crippen MR) is 178 cm³/mol. The van der Waals surface area contributed by atoms with Crippen molar-refractivity contribution in [2.24, 2.45) is 0 Å². The zero-order valence-electron chi connectivity index (χ0n) is 25.0. The zero-order valence-corrected chi connectivity index (χ0v) is 27.3. The number of nitrogens with zero attached hydrogens (tertiary/aromatic N) is 7. The predicted octanol–water partition coefficient (Wildman–Crippen LogP) is 5.20. The van der Waals surface area contributed by atoms with Crippen molar-refractivity contribution in [3.05, 3.63) is 64.8 Å². The van der Waals surface area contributed by atoms with E-state index < -0.39 is 0 Å². The van der Waals surface area contributed by atoms with E-state index in [1.807, 2.05) is 17.0 Å². The number of benzene rings is 2. The lowest BCUT2D eigenvalue weighted by molar-refractivity contribution is -0.128. The molecule has 0 saturated carbocycles. The van der Waals surface area contributed by atoms with Crippen molar-refractivity contribution in [1.29, 1.82) is 5.26 Å². The van der Waals surface area contributed by atoms with Gasteiger partial charge in [-0.15, -0.1) is 0 Å². The maximum absolute atomic E-state index is 12.9. The van der Waals surface area contributed by atoms with Gasteiger partial charge in [0, 0.05) is 54.2 Å². The fourth-order valence-corrected chi connectivity index (χ4v) is 7.15. The van der Waals surface area contributed by atoms with E-state index in [0.29, 0.717) is 50.2 Å². The van der Waals surface area contributed by atoms with Crippen LogP contribution in [0, 0.1) is 11.3 Å². The summed E-state index contributed by atoms with van der Waals surface area (Å²) in [6.45, 7) is 4.66. The van der Waals surface area contributed by atoms with E-state index in [1.165, 1.54) is 0 Å². The number of fused-ring (bicyclic) bond motifs is 2. The Hall–Kier alpha value is -3.39. The lowest BCUT2D eigenvalue weighted by Gasteiger charge is -2.42. The normalized spacial score (nSPS) is 20.7. The first kappa shape index (κ1) is 30.6. The Morgan fingerprint density at radius 1 is 1.14 bits per heavy atom. The second-order valence-corrected chi connectivity index (χ2v) is 12.7. The number of amides is 1. The first-order valence-electron chi connectivity index (χ1n) is 15.3. The summed E-state index contributed by atoms with van der Waals surface area (Å²) in [6.07, 6.45) is 6.65. The molecular formula is C33H37BrClN7O2. The summed E-state index contributed by atoms with van der Waals surface area (Å²) in [7, 11) is 2.14. The number of alkyl halides is 1. The van der Waals surface area contributed by atoms with Crippen LogP contribution in [0.3, 0.4) is 0 Å². The van der Waals surface area contributed by atoms with Gasteiger partial charge in [0.2, 0.25) is 5.91 Å². The summed E-state index contributed by atoms with van der Waals surface area (Å²) in [4.78, 5) is 31.6. The van der Waals surface area contributed by atoms with Crippen molar-refractivity contribution in [3.8, 4) is 12.1 Å². The number of rotatable bonds is 8. The third-order valence-corrected chi connectivity index (χ3v) is 9.70. The van der Waals surface area contributed by atoms with Crippen molar-refractivity contribution in [2.75, 3.05) is 61.5 Å². The van der Waals surface area contributed by atoms with Crippen LogP contribution in [0.4, 0.5) is 11.5 Å². The van der Waals surface area contributed by atoms with Gasteiger partial charge < -0.3 is 24.3 Å². The number of carbonyl (C=O) groups is 1. The van der Waals surface area contributed by atoms with Crippen molar-refractivity contribution >= 4 is 55.7 Å². The van der Waals surface area contributed by atoms with Gasteiger partial charge >= 0.3 is 6.01 Å². The third kappa shape index (κ3) is 6.37. The highest BCUT2D eigenvalue weighted by molar-refractivity contribution is 9.09. The average Bonchev–Trinajstić information content (AvgIpc) is 3.46. The van der Waals surface area contributed by atoms with Crippen LogP contribution in [-0.4, -0.2) is 89.5 Å². The number of anilines is 2. The van der Waals surface area contributed by atoms with Gasteiger partial charge in [-0.25, -0.2) is 0 Å². The number of piperazine rings is 1. The number of hydrogen-bond acceptors (Lipinski definition) is 8. The summed E-state index contributed by atoms with van der Waals surface area (Å²) in [5.41, 5.74) is 3.13. The highest BCUT2D eigenvalue weighted by Crippen LogP contribution is 2.37. The summed E-state index contributed by atoms with van der Waals surface area (Å²) >= 11 is 10.1. The lowest BCUT2D eigenvalue weighted by Crippen LogP contribution is -2.55. The van der Waals surface area contributed by atoms with E-state index in [-0.39, 0.29) is 18.4 Å². The first-order chi connectivity index (χ1) is 21.5. The highest BCUT2D eigenvalue weighted by Gasteiger charge is 2.34. The molecule has 0 N–H and O–H groups in total. The zero-order chi connectivity index (χ0) is 30.6. The van der Waals surface area contributed by atoms with E-state index in [4.69, 9.17) is 26.3 Å². The fraction of sp³-hybridized carbons (Fsp3) is 0.455. The minimum absolute atomic E-state index is 0.0665. The molecule has 1 amide bonds. The van der Waals surface area contributed by atoms with Gasteiger partial charge in [-0.3, -0.25) is 4.79 Å². The molecule has 0 unspecified atom stereocenters. The molecule has 2 atom stereocenters. The maximum Gasteiger partial charge on any atom is 0.318 e. The number of aromatic nitrogens is 2. The monoisotopic (exact) mass is 677 g/mol. The molecule has 0 radical (unpaired) electrons. The van der Waals surface area contributed by atoms with Crippen LogP contribution in [0.25, 0.3) is 10.8 Å². The Bertz CT molecular complexity index is 1590. The SMILES string of the molecule is CN1CCC[C@H]1COc1nc2c(c(N3CCN(C(=O)/C=C/CBr)[C@@H](CC#N)C3)n1)CCN(c1cccc3cccc(Cl)c13)C2. The van der Waals surface area contributed by atoms with Crippen LogP contribution in [0.5, 0.6) is 6.01 Å². The molecular weight excluding hydrogens is 642 g/mol. The van der Waals surface area contributed by atoms with Crippen LogP contribution >= 0.6 is 27.5 Å². The Morgan fingerprint density at radius 2 is 1.98 bits per heavy atom. The standard InChI is InChI=1S/C33H37BrClN7O2/c1-39-16-5-8-25(39)22-44-33-37-28-21-40(29-10-3-7-23-6-2-9-27(35)31(23)29)17-13-26(28)32(38-33)41-18-19-42(24(20-41)12-15-36)30(43)11-4-14-34/h2-4,6-7,9-11,24-25H,5,8,12-14,16-22H2,1H3/b11-4+/t24-,25-/m0/s1. The van der Waals surface area contributed by atoms with E-state index in [0.717, 1.165) is 70.9 Å². The molecule has 11 heteroatoms. The van der Waals surface area contributed by atoms with Gasteiger partial charge in [0.25, 0.3) is 0 Å². The number of likely N-dealkylation sites (tertiary alicyclic amines) is 1. The van der Waals surface area contributed by atoms with Crippen molar-refractivity contribution < 1.29 is 9.53 Å². The number of nitriles is 1. The Kier molecular flexibility index (Phi) is 9.55. The number of allylic oxidation sites excluding steroid dienone is 1. The van der Waals surface area contributed by atoms with E-state index in [9.17, 15) is 10.1 Å². The molecule has 44 heavy (non-hydrogen) atoms. The van der Waals surface area contributed by atoms with Gasteiger partial charge in [-0.05, 0) is 56.4 Å². The van der Waals surface area contributed by atoms with Crippen LogP contribution in [0.2, 0.25) is 5.02 Å². The van der Waals surface area contributed by atoms with Crippen LogP contribution in [0.15, 0.2) is 48.6 Å². The summed E-state index contributed by atoms with van der Waals surface area (Å²) in [6, 6.07) is 15.1. The van der Waals surface area contributed by atoms with Crippen LogP contribution in [0.1, 0.15) is 30.5 Å². The smallest absolute Gasteiger partial charge is 0.318 e. The summed E-state index contributed by atoms with van der Waals surface area (Å²) in [5.74, 6) is 0.787. The number of ether oxygens (including phenoxy) is 1. The molecule has 3 aromatic rings. The molecule has 2 fully saturated rings. The number of hydrogen-bond donors (Lipinski definition) is 0. The Balaban J connectivity index is 1.32. The molecule has 2 aromatic carbocycles. The average molecular weight is 679 g/mol. The Labute approximate surface area is 272 Å². The van der Waals surface area contributed by atoms with Gasteiger partial charge in [0.1, 0.15) is 12.4 Å². The molecule has 1 aromatic heterocycles. The van der Waals surface area contributed by atoms with Crippen molar-refractivity contribution in [1.82, 2.24) is 19.8 Å². The molecule has 3 aliphatic rings. The Morgan fingerprint density at radius 3 is 2.75 bits per heavy atom. The van der Waals surface area contributed by atoms with Crippen molar-refractivity contribution in [3.63, 3.8) is 0 Å². The molecule has 3 aliphatic heterocycles. The largest absolute Gasteiger partial charge is 0.462 e. The molecule has 2 saturated heterocycles. The molecule has 0 aliphatic carbocycles. The van der Waals surface area contributed by atoms with Crippen LogP contribution in [-0.2, 0) is 17.8 Å². The highest BCUT2D eigenvalue weighted by atomic mass is 79.9. The summed E-state index contributed by atoms with van der Waals surface area (Å²) in [5, 5.41) is 13.1. The number of likely N-dealkylation sites (N-methyl/N-ethyl adjacent to an activating group) is 1. The quantitative estimate of drug-likeness (QED) is 0.237. The van der Waals surface area contributed by atoms with Gasteiger partial charge in [0.05, 0.1) is 35.8 Å². The van der Waals surface area contributed by atoms with Gasteiger partial charge in [-0.1, -0.05) is 57.9 Å². The third-order valence-electron chi connectivity index (χ3n) is 9.01. The van der Waals surface area contributed by atoms with E-state index in [2.05, 4.69) is 68.0 Å². The van der Waals surface area contributed by atoms with Crippen molar-refractivity contribution in [2.45, 2.75) is 44.3 Å². The minimum atomic E-state index is -0.235. The molecule has 9 nitrogen and oxygen atoms in total. The molecule has 0 spiro atoms.